The molecule has 2 heteroatoms. The molecule has 0 N–H and O–H groups in total. The second kappa shape index (κ2) is 5.58. The number of hydrogen-bond acceptors (Lipinski definition) is 2. The van der Waals surface area contributed by atoms with Gasteiger partial charge in [-0.2, -0.15) is 0 Å². The SMILES string of the molecule is CC(C)c1cccc2c1OCCN2Cc1ccccc1. The topological polar surface area (TPSA) is 12.5 Å². The highest BCUT2D eigenvalue weighted by molar-refractivity contribution is 5.64. The second-order valence-electron chi connectivity index (χ2n) is 5.61. The lowest BCUT2D eigenvalue weighted by Crippen LogP contribution is -2.32. The summed E-state index contributed by atoms with van der Waals surface area (Å²) in [5.41, 5.74) is 3.88. The van der Waals surface area contributed by atoms with Crippen LogP contribution in [0.5, 0.6) is 5.75 Å². The highest BCUT2D eigenvalue weighted by Crippen LogP contribution is 2.38. The molecule has 0 atom stereocenters. The highest BCUT2D eigenvalue weighted by Gasteiger charge is 2.21. The van der Waals surface area contributed by atoms with Crippen LogP contribution in [0, 0.1) is 0 Å². The molecule has 0 amide bonds. The van der Waals surface area contributed by atoms with E-state index < -0.39 is 0 Å². The van der Waals surface area contributed by atoms with E-state index in [2.05, 4.69) is 67.3 Å². The molecular weight excluding hydrogens is 246 g/mol. The molecule has 2 aromatic carbocycles. The van der Waals surface area contributed by atoms with Crippen LogP contribution in [-0.2, 0) is 6.54 Å². The van der Waals surface area contributed by atoms with E-state index in [4.69, 9.17) is 4.74 Å². The van der Waals surface area contributed by atoms with Gasteiger partial charge in [-0.15, -0.1) is 0 Å². The van der Waals surface area contributed by atoms with E-state index in [1.54, 1.807) is 0 Å². The maximum atomic E-state index is 5.94. The molecule has 0 bridgehead atoms. The van der Waals surface area contributed by atoms with Crippen LogP contribution in [0.25, 0.3) is 0 Å². The van der Waals surface area contributed by atoms with Crippen LogP contribution in [0.1, 0.15) is 30.9 Å². The summed E-state index contributed by atoms with van der Waals surface area (Å²) in [6.07, 6.45) is 0. The van der Waals surface area contributed by atoms with Crippen molar-refractivity contribution < 1.29 is 4.74 Å². The predicted molar refractivity (Wildman–Crippen MR) is 83.5 cm³/mol. The average Bonchev–Trinajstić information content (AvgIpc) is 2.48. The van der Waals surface area contributed by atoms with Crippen LogP contribution in [0.15, 0.2) is 48.5 Å². The minimum atomic E-state index is 0.488. The fraction of sp³-hybridized carbons (Fsp3) is 0.333. The quantitative estimate of drug-likeness (QED) is 0.826. The van der Waals surface area contributed by atoms with Crippen molar-refractivity contribution in [1.82, 2.24) is 0 Å². The molecule has 2 nitrogen and oxygen atoms in total. The van der Waals surface area contributed by atoms with Crippen molar-refractivity contribution in [2.24, 2.45) is 0 Å². The first-order chi connectivity index (χ1) is 9.75. The standard InChI is InChI=1S/C18H21NO/c1-14(2)16-9-6-10-17-18(16)20-12-11-19(17)13-15-7-4-3-5-8-15/h3-10,14H,11-13H2,1-2H3. The second-order valence-corrected chi connectivity index (χ2v) is 5.61. The molecule has 3 rings (SSSR count). The molecule has 0 saturated heterocycles. The van der Waals surface area contributed by atoms with Crippen molar-refractivity contribution in [2.75, 3.05) is 18.1 Å². The Bertz CT molecular complexity index is 577. The van der Waals surface area contributed by atoms with E-state index in [1.165, 1.54) is 16.8 Å². The van der Waals surface area contributed by atoms with E-state index in [9.17, 15) is 0 Å². The van der Waals surface area contributed by atoms with Gasteiger partial charge < -0.3 is 9.64 Å². The lowest BCUT2D eigenvalue weighted by molar-refractivity contribution is 0.302. The zero-order valence-corrected chi connectivity index (χ0v) is 12.2. The Morgan fingerprint density at radius 3 is 2.60 bits per heavy atom. The molecule has 0 aromatic heterocycles. The molecule has 1 aliphatic heterocycles. The van der Waals surface area contributed by atoms with Crippen molar-refractivity contribution in [3.63, 3.8) is 0 Å². The van der Waals surface area contributed by atoms with E-state index in [0.717, 1.165) is 25.4 Å². The van der Waals surface area contributed by atoms with Gasteiger partial charge in [-0.05, 0) is 23.1 Å². The predicted octanol–water partition coefficient (Wildman–Crippen LogP) is 4.21. The molecule has 104 valence electrons. The maximum absolute atomic E-state index is 5.94. The Hall–Kier alpha value is -1.96. The molecule has 0 fully saturated rings. The largest absolute Gasteiger partial charge is 0.489 e. The summed E-state index contributed by atoms with van der Waals surface area (Å²) in [6, 6.07) is 17.1. The number of benzene rings is 2. The third-order valence-electron chi connectivity index (χ3n) is 3.81. The van der Waals surface area contributed by atoms with Crippen LogP contribution in [0.4, 0.5) is 5.69 Å². The van der Waals surface area contributed by atoms with Gasteiger partial charge in [-0.25, -0.2) is 0 Å². The smallest absolute Gasteiger partial charge is 0.146 e. The Labute approximate surface area is 121 Å². The third kappa shape index (κ3) is 2.51. The van der Waals surface area contributed by atoms with Gasteiger partial charge in [-0.1, -0.05) is 56.3 Å². The minimum Gasteiger partial charge on any atom is -0.489 e. The highest BCUT2D eigenvalue weighted by atomic mass is 16.5. The third-order valence-corrected chi connectivity index (χ3v) is 3.81. The number of rotatable bonds is 3. The average molecular weight is 267 g/mol. The van der Waals surface area contributed by atoms with Gasteiger partial charge in [0.05, 0.1) is 12.2 Å². The van der Waals surface area contributed by atoms with Gasteiger partial charge in [0.15, 0.2) is 0 Å². The Balaban J connectivity index is 1.92. The van der Waals surface area contributed by atoms with E-state index in [-0.39, 0.29) is 0 Å². The molecule has 0 unspecified atom stereocenters. The maximum Gasteiger partial charge on any atom is 0.146 e. The van der Waals surface area contributed by atoms with Crippen LogP contribution >= 0.6 is 0 Å². The molecule has 20 heavy (non-hydrogen) atoms. The summed E-state index contributed by atoms with van der Waals surface area (Å²) in [4.78, 5) is 2.42. The fourth-order valence-electron chi connectivity index (χ4n) is 2.75. The summed E-state index contributed by atoms with van der Waals surface area (Å²) in [5.74, 6) is 1.56. The van der Waals surface area contributed by atoms with E-state index in [1.807, 2.05) is 0 Å². The molecule has 0 aliphatic carbocycles. The molecule has 0 radical (unpaired) electrons. The van der Waals surface area contributed by atoms with Crippen molar-refractivity contribution in [2.45, 2.75) is 26.3 Å². The summed E-state index contributed by atoms with van der Waals surface area (Å²) in [6.45, 7) is 7.09. The van der Waals surface area contributed by atoms with Gasteiger partial charge in [-0.3, -0.25) is 0 Å². The molecule has 0 spiro atoms. The van der Waals surface area contributed by atoms with Crippen LogP contribution < -0.4 is 9.64 Å². The molecule has 1 heterocycles. The summed E-state index contributed by atoms with van der Waals surface area (Å²) < 4.78 is 5.94. The lowest BCUT2D eigenvalue weighted by atomic mass is 10.00. The number of para-hydroxylation sites is 1. The Morgan fingerprint density at radius 1 is 1.05 bits per heavy atom. The molecule has 1 aliphatic rings. The number of anilines is 1. The summed E-state index contributed by atoms with van der Waals surface area (Å²) >= 11 is 0. The van der Waals surface area contributed by atoms with Gasteiger partial charge in [0.1, 0.15) is 12.4 Å². The zero-order valence-electron chi connectivity index (χ0n) is 12.2. The van der Waals surface area contributed by atoms with Crippen molar-refractivity contribution in [1.29, 1.82) is 0 Å². The van der Waals surface area contributed by atoms with Gasteiger partial charge >= 0.3 is 0 Å². The van der Waals surface area contributed by atoms with Crippen molar-refractivity contribution in [3.8, 4) is 5.75 Å². The Morgan fingerprint density at radius 2 is 1.85 bits per heavy atom. The Kier molecular flexibility index (Phi) is 3.64. The lowest BCUT2D eigenvalue weighted by Gasteiger charge is -2.33. The van der Waals surface area contributed by atoms with Crippen molar-refractivity contribution in [3.05, 3.63) is 59.7 Å². The summed E-state index contributed by atoms with van der Waals surface area (Å²) in [7, 11) is 0. The minimum absolute atomic E-state index is 0.488. The molecule has 0 saturated carbocycles. The van der Waals surface area contributed by atoms with Gasteiger partial charge in [0, 0.05) is 6.54 Å². The first-order valence-electron chi connectivity index (χ1n) is 7.30. The zero-order chi connectivity index (χ0) is 13.9. The number of nitrogens with zero attached hydrogens (tertiary/aromatic N) is 1. The van der Waals surface area contributed by atoms with Crippen molar-refractivity contribution >= 4 is 5.69 Å². The van der Waals surface area contributed by atoms with Gasteiger partial charge in [0.25, 0.3) is 0 Å². The van der Waals surface area contributed by atoms with E-state index in [0.29, 0.717) is 5.92 Å². The monoisotopic (exact) mass is 267 g/mol. The number of ether oxygens (including phenoxy) is 1. The number of hydrogen-bond donors (Lipinski definition) is 0. The number of fused-ring (bicyclic) bond motifs is 1. The summed E-state index contributed by atoms with van der Waals surface area (Å²) in [5, 5.41) is 0. The normalized spacial score (nSPS) is 14.1. The van der Waals surface area contributed by atoms with E-state index >= 15 is 0 Å². The van der Waals surface area contributed by atoms with Crippen LogP contribution in [0.3, 0.4) is 0 Å². The first kappa shape index (κ1) is 13.0. The van der Waals surface area contributed by atoms with Gasteiger partial charge in [0.2, 0.25) is 0 Å². The molecule has 2 aromatic rings. The van der Waals surface area contributed by atoms with Crippen LogP contribution in [-0.4, -0.2) is 13.2 Å². The van der Waals surface area contributed by atoms with Crippen LogP contribution in [0.2, 0.25) is 0 Å². The fourth-order valence-corrected chi connectivity index (χ4v) is 2.75. The molecular formula is C18H21NO. The first-order valence-corrected chi connectivity index (χ1v) is 7.30.